The summed E-state index contributed by atoms with van der Waals surface area (Å²) in [5.74, 6) is -1.16. The number of hydrogen-bond acceptors (Lipinski definition) is 2. The summed E-state index contributed by atoms with van der Waals surface area (Å²) in [5, 5.41) is 9.36. The molecule has 0 atom stereocenters. The van der Waals surface area contributed by atoms with E-state index >= 15 is 0 Å². The first-order chi connectivity index (χ1) is 9.02. The summed E-state index contributed by atoms with van der Waals surface area (Å²) in [4.78, 5) is 10.4. The number of alkyl halides is 3. The Labute approximate surface area is 118 Å². The number of carboxylic acid groups (broad SMARTS) is 1. The van der Waals surface area contributed by atoms with Crippen molar-refractivity contribution in [1.82, 2.24) is 0 Å². The summed E-state index contributed by atoms with van der Waals surface area (Å²) in [7, 11) is 0. The Morgan fingerprint density at radius 3 is 2.79 bits per heavy atom. The molecular formula is C13H13BrF2O3. The number of ether oxygens (including phenoxy) is 1. The number of carboxylic acids is 1. The molecule has 19 heavy (non-hydrogen) atoms. The first-order valence-corrected chi connectivity index (χ1v) is 6.69. The summed E-state index contributed by atoms with van der Waals surface area (Å²) >= 11 is 3.29. The van der Waals surface area contributed by atoms with Crippen molar-refractivity contribution in [2.24, 2.45) is 0 Å². The molecule has 0 aliphatic heterocycles. The lowest BCUT2D eigenvalue weighted by Gasteiger charge is -2.10. The fourth-order valence-electron chi connectivity index (χ4n) is 1.50. The van der Waals surface area contributed by atoms with Gasteiger partial charge in [0.1, 0.15) is 5.75 Å². The van der Waals surface area contributed by atoms with Crippen LogP contribution in [0.15, 0.2) is 24.3 Å². The Hall–Kier alpha value is -1.43. The average molecular weight is 335 g/mol. The van der Waals surface area contributed by atoms with Crippen molar-refractivity contribution < 1.29 is 23.4 Å². The summed E-state index contributed by atoms with van der Waals surface area (Å²) < 4.78 is 29.0. The van der Waals surface area contributed by atoms with Crippen molar-refractivity contribution in [1.29, 1.82) is 0 Å². The molecule has 0 fully saturated rings. The van der Waals surface area contributed by atoms with Gasteiger partial charge >= 0.3 is 12.6 Å². The molecule has 1 aromatic rings. The second kappa shape index (κ2) is 7.89. The van der Waals surface area contributed by atoms with Gasteiger partial charge in [0, 0.05) is 17.0 Å². The van der Waals surface area contributed by atoms with E-state index in [-0.39, 0.29) is 5.75 Å². The quantitative estimate of drug-likeness (QED) is 0.610. The van der Waals surface area contributed by atoms with Gasteiger partial charge in [-0.1, -0.05) is 28.1 Å². The van der Waals surface area contributed by atoms with E-state index in [2.05, 4.69) is 20.7 Å². The predicted molar refractivity (Wildman–Crippen MR) is 71.9 cm³/mol. The Bertz CT molecular complexity index is 461. The zero-order valence-corrected chi connectivity index (χ0v) is 11.6. The molecule has 3 nitrogen and oxygen atoms in total. The maximum Gasteiger partial charge on any atom is 0.387 e. The fraction of sp³-hybridized carbons (Fsp3) is 0.308. The van der Waals surface area contributed by atoms with Crippen LogP contribution in [0.4, 0.5) is 8.78 Å². The first kappa shape index (κ1) is 15.6. The third kappa shape index (κ3) is 5.83. The van der Waals surface area contributed by atoms with Gasteiger partial charge in [0.2, 0.25) is 0 Å². The summed E-state index contributed by atoms with van der Waals surface area (Å²) in [6.07, 6.45) is 3.71. The average Bonchev–Trinajstić information content (AvgIpc) is 2.34. The normalized spacial score (nSPS) is 11.2. The molecular weight excluding hydrogens is 322 g/mol. The molecule has 0 aliphatic rings. The van der Waals surface area contributed by atoms with Crippen LogP contribution in [0.25, 0.3) is 6.08 Å². The lowest BCUT2D eigenvalue weighted by Crippen LogP contribution is -2.04. The van der Waals surface area contributed by atoms with E-state index in [4.69, 9.17) is 5.11 Å². The molecule has 0 amide bonds. The van der Waals surface area contributed by atoms with Gasteiger partial charge in [0.15, 0.2) is 0 Å². The number of aliphatic carboxylic acids is 1. The SMILES string of the molecule is O=C(O)/C=C/c1ccc(CCCBr)cc1OC(F)F. The van der Waals surface area contributed by atoms with Gasteiger partial charge in [-0.3, -0.25) is 0 Å². The molecule has 0 bridgehead atoms. The van der Waals surface area contributed by atoms with Gasteiger partial charge < -0.3 is 9.84 Å². The van der Waals surface area contributed by atoms with E-state index in [0.717, 1.165) is 29.8 Å². The highest BCUT2D eigenvalue weighted by Gasteiger charge is 2.09. The highest BCUT2D eigenvalue weighted by molar-refractivity contribution is 9.09. The van der Waals surface area contributed by atoms with E-state index in [1.807, 2.05) is 0 Å². The smallest absolute Gasteiger partial charge is 0.387 e. The van der Waals surface area contributed by atoms with E-state index in [0.29, 0.717) is 5.56 Å². The van der Waals surface area contributed by atoms with E-state index in [9.17, 15) is 13.6 Å². The molecule has 104 valence electrons. The van der Waals surface area contributed by atoms with Crippen LogP contribution < -0.4 is 4.74 Å². The van der Waals surface area contributed by atoms with Gasteiger partial charge in [-0.15, -0.1) is 0 Å². The molecule has 0 saturated carbocycles. The molecule has 0 saturated heterocycles. The molecule has 0 radical (unpaired) electrons. The molecule has 0 spiro atoms. The number of aryl methyl sites for hydroxylation is 1. The van der Waals surface area contributed by atoms with Gasteiger partial charge in [-0.05, 0) is 30.5 Å². The zero-order valence-electron chi connectivity index (χ0n) is 9.98. The molecule has 0 heterocycles. The monoisotopic (exact) mass is 334 g/mol. The summed E-state index contributed by atoms with van der Waals surface area (Å²) in [6, 6.07) is 4.85. The first-order valence-electron chi connectivity index (χ1n) is 5.57. The highest BCUT2D eigenvalue weighted by atomic mass is 79.9. The lowest BCUT2D eigenvalue weighted by atomic mass is 10.1. The van der Waals surface area contributed by atoms with Crippen LogP contribution in [-0.4, -0.2) is 23.0 Å². The minimum Gasteiger partial charge on any atom is -0.478 e. The topological polar surface area (TPSA) is 46.5 Å². The van der Waals surface area contributed by atoms with E-state index in [1.54, 1.807) is 12.1 Å². The maximum atomic E-state index is 12.3. The molecule has 1 rings (SSSR count). The highest BCUT2D eigenvalue weighted by Crippen LogP contribution is 2.24. The van der Waals surface area contributed by atoms with E-state index < -0.39 is 12.6 Å². The number of hydrogen-bond donors (Lipinski definition) is 1. The number of rotatable bonds is 7. The van der Waals surface area contributed by atoms with Crippen LogP contribution in [-0.2, 0) is 11.2 Å². The van der Waals surface area contributed by atoms with Crippen LogP contribution in [0.2, 0.25) is 0 Å². The van der Waals surface area contributed by atoms with Crippen molar-refractivity contribution in [3.8, 4) is 5.75 Å². The predicted octanol–water partition coefficient (Wildman–Crippen LogP) is 3.71. The van der Waals surface area contributed by atoms with Crippen molar-refractivity contribution in [3.63, 3.8) is 0 Å². The molecule has 1 aromatic carbocycles. The molecule has 1 N–H and O–H groups in total. The molecule has 0 aromatic heterocycles. The largest absolute Gasteiger partial charge is 0.478 e. The van der Waals surface area contributed by atoms with Crippen molar-refractivity contribution in [3.05, 3.63) is 35.4 Å². The van der Waals surface area contributed by atoms with Gasteiger partial charge in [0.25, 0.3) is 0 Å². The molecule has 6 heteroatoms. The Kier molecular flexibility index (Phi) is 6.49. The third-order valence-corrected chi connectivity index (χ3v) is 2.86. The summed E-state index contributed by atoms with van der Waals surface area (Å²) in [6.45, 7) is -2.94. The Morgan fingerprint density at radius 1 is 1.47 bits per heavy atom. The summed E-state index contributed by atoms with van der Waals surface area (Å²) in [5.41, 5.74) is 1.17. The molecule has 0 aliphatic carbocycles. The van der Waals surface area contributed by atoms with Gasteiger partial charge in [-0.25, -0.2) is 4.79 Å². The van der Waals surface area contributed by atoms with Crippen molar-refractivity contribution in [2.75, 3.05) is 5.33 Å². The van der Waals surface area contributed by atoms with Crippen LogP contribution in [0.3, 0.4) is 0 Å². The Morgan fingerprint density at radius 2 is 2.21 bits per heavy atom. The Balaban J connectivity index is 2.98. The minimum absolute atomic E-state index is 0.0143. The number of carbonyl (C=O) groups is 1. The number of benzene rings is 1. The van der Waals surface area contributed by atoms with Crippen LogP contribution in [0.1, 0.15) is 17.5 Å². The maximum absolute atomic E-state index is 12.3. The minimum atomic E-state index is -2.94. The van der Waals surface area contributed by atoms with Crippen molar-refractivity contribution >= 4 is 28.0 Å². The van der Waals surface area contributed by atoms with Crippen molar-refractivity contribution in [2.45, 2.75) is 19.5 Å². The van der Waals surface area contributed by atoms with E-state index in [1.165, 1.54) is 12.1 Å². The number of halogens is 3. The van der Waals surface area contributed by atoms with Crippen LogP contribution >= 0.6 is 15.9 Å². The van der Waals surface area contributed by atoms with Gasteiger partial charge in [-0.2, -0.15) is 8.78 Å². The fourth-order valence-corrected chi connectivity index (χ4v) is 1.78. The van der Waals surface area contributed by atoms with Gasteiger partial charge in [0.05, 0.1) is 0 Å². The van der Waals surface area contributed by atoms with Crippen LogP contribution in [0.5, 0.6) is 5.75 Å². The van der Waals surface area contributed by atoms with Crippen LogP contribution in [0, 0.1) is 0 Å². The molecule has 0 unspecified atom stereocenters. The lowest BCUT2D eigenvalue weighted by molar-refractivity contribution is -0.131. The second-order valence-corrected chi connectivity index (χ2v) is 4.51. The third-order valence-electron chi connectivity index (χ3n) is 2.30. The second-order valence-electron chi connectivity index (χ2n) is 3.71. The standard InChI is InChI=1S/C13H13BrF2O3/c14-7-1-2-9-3-4-10(5-6-12(17)18)11(8-9)19-13(15)16/h3-6,8,13H,1-2,7H2,(H,17,18)/b6-5+. The zero-order chi connectivity index (χ0) is 14.3.